The number of benzene rings is 1. The summed E-state index contributed by atoms with van der Waals surface area (Å²) >= 11 is 1.49. The van der Waals surface area contributed by atoms with Gasteiger partial charge in [-0.15, -0.1) is 11.3 Å². The third-order valence-corrected chi connectivity index (χ3v) is 6.18. The van der Waals surface area contributed by atoms with E-state index in [4.69, 9.17) is 0 Å². The third-order valence-electron chi connectivity index (χ3n) is 5.32. The maximum absolute atomic E-state index is 12.5. The number of carbonyl (C=O) groups excluding carboxylic acids is 2. The number of piperidine rings is 1. The SMILES string of the molecule is O=C1C[C@H](c2ccccc2)C2(CCN(C(=O)c3cccs3)CC2)N1. The Morgan fingerprint density at radius 3 is 2.54 bits per heavy atom. The molecular formula is C19H20N2O2S. The fraction of sp³-hybridized carbons (Fsp3) is 0.368. The molecule has 1 aromatic carbocycles. The fourth-order valence-corrected chi connectivity index (χ4v) is 4.75. The number of nitrogens with zero attached hydrogens (tertiary/aromatic N) is 1. The first-order valence-electron chi connectivity index (χ1n) is 8.37. The molecule has 1 spiro atoms. The molecule has 24 heavy (non-hydrogen) atoms. The van der Waals surface area contributed by atoms with Crippen LogP contribution >= 0.6 is 11.3 Å². The molecule has 2 aromatic rings. The minimum Gasteiger partial charge on any atom is -0.350 e. The molecule has 2 saturated heterocycles. The molecule has 1 aromatic heterocycles. The van der Waals surface area contributed by atoms with Crippen LogP contribution in [-0.4, -0.2) is 35.3 Å². The molecule has 124 valence electrons. The van der Waals surface area contributed by atoms with Gasteiger partial charge in [0.15, 0.2) is 0 Å². The minimum absolute atomic E-state index is 0.112. The summed E-state index contributed by atoms with van der Waals surface area (Å²) in [6.45, 7) is 1.39. The number of hydrogen-bond acceptors (Lipinski definition) is 3. The van der Waals surface area contributed by atoms with Crippen molar-refractivity contribution in [3.05, 3.63) is 58.3 Å². The van der Waals surface area contributed by atoms with Crippen molar-refractivity contribution in [3.8, 4) is 0 Å². The normalized spacial score (nSPS) is 22.6. The number of nitrogens with one attached hydrogen (secondary N) is 1. The van der Waals surface area contributed by atoms with Gasteiger partial charge in [-0.3, -0.25) is 9.59 Å². The summed E-state index contributed by atoms with van der Waals surface area (Å²) in [6, 6.07) is 14.1. The monoisotopic (exact) mass is 340 g/mol. The molecule has 4 nitrogen and oxygen atoms in total. The van der Waals surface area contributed by atoms with Crippen molar-refractivity contribution in [2.45, 2.75) is 30.7 Å². The van der Waals surface area contributed by atoms with Crippen molar-refractivity contribution in [3.63, 3.8) is 0 Å². The van der Waals surface area contributed by atoms with Crippen LogP contribution in [0.5, 0.6) is 0 Å². The summed E-state index contributed by atoms with van der Waals surface area (Å²) in [5, 5.41) is 5.17. The van der Waals surface area contributed by atoms with Gasteiger partial charge in [-0.1, -0.05) is 36.4 Å². The number of hydrogen-bond donors (Lipinski definition) is 1. The standard InChI is InChI=1S/C19H20N2O2S/c22-17-13-15(14-5-2-1-3-6-14)19(20-17)8-10-21(11-9-19)18(23)16-7-4-12-24-16/h1-7,12,15H,8-11,13H2,(H,20,22)/t15-/m1/s1. The zero-order valence-corrected chi connectivity index (χ0v) is 14.2. The van der Waals surface area contributed by atoms with E-state index in [1.54, 1.807) is 0 Å². The minimum atomic E-state index is -0.204. The third kappa shape index (κ3) is 2.63. The first-order valence-corrected chi connectivity index (χ1v) is 9.25. The zero-order valence-electron chi connectivity index (χ0n) is 13.4. The number of carbonyl (C=O) groups is 2. The molecule has 0 bridgehead atoms. The predicted molar refractivity (Wildman–Crippen MR) is 94.1 cm³/mol. The molecule has 2 aliphatic rings. The van der Waals surface area contributed by atoms with E-state index in [0.717, 1.165) is 17.7 Å². The highest BCUT2D eigenvalue weighted by Crippen LogP contribution is 2.43. The van der Waals surface area contributed by atoms with E-state index in [-0.39, 0.29) is 23.3 Å². The van der Waals surface area contributed by atoms with Gasteiger partial charge < -0.3 is 10.2 Å². The lowest BCUT2D eigenvalue weighted by Gasteiger charge is -2.42. The summed E-state index contributed by atoms with van der Waals surface area (Å²) in [7, 11) is 0. The van der Waals surface area contributed by atoms with E-state index < -0.39 is 0 Å². The number of amides is 2. The summed E-state index contributed by atoms with van der Waals surface area (Å²) in [6.07, 6.45) is 2.17. The van der Waals surface area contributed by atoms with Gasteiger partial charge in [-0.25, -0.2) is 0 Å². The van der Waals surface area contributed by atoms with E-state index in [0.29, 0.717) is 19.5 Å². The highest BCUT2D eigenvalue weighted by Gasteiger charge is 2.49. The summed E-state index contributed by atoms with van der Waals surface area (Å²) in [4.78, 5) is 27.4. The molecule has 0 aliphatic carbocycles. The Morgan fingerprint density at radius 2 is 1.88 bits per heavy atom. The van der Waals surface area contributed by atoms with Gasteiger partial charge in [-0.05, 0) is 29.9 Å². The molecule has 3 heterocycles. The first-order chi connectivity index (χ1) is 11.7. The molecule has 4 rings (SSSR count). The van der Waals surface area contributed by atoms with E-state index in [2.05, 4.69) is 17.4 Å². The molecule has 0 radical (unpaired) electrons. The Balaban J connectivity index is 1.52. The van der Waals surface area contributed by atoms with E-state index >= 15 is 0 Å². The van der Waals surface area contributed by atoms with Crippen molar-refractivity contribution >= 4 is 23.2 Å². The van der Waals surface area contributed by atoms with Gasteiger partial charge in [-0.2, -0.15) is 0 Å². The maximum Gasteiger partial charge on any atom is 0.263 e. The second kappa shape index (κ2) is 6.06. The molecular weight excluding hydrogens is 320 g/mol. The Morgan fingerprint density at radius 1 is 1.12 bits per heavy atom. The van der Waals surface area contributed by atoms with E-state index in [1.807, 2.05) is 40.6 Å². The average Bonchev–Trinajstić information content (AvgIpc) is 3.24. The Bertz CT molecular complexity index is 734. The molecule has 1 atom stereocenters. The molecule has 5 heteroatoms. The van der Waals surface area contributed by atoms with Gasteiger partial charge in [0.05, 0.1) is 10.4 Å². The van der Waals surface area contributed by atoms with Gasteiger partial charge in [0.1, 0.15) is 0 Å². The van der Waals surface area contributed by atoms with E-state index in [1.165, 1.54) is 16.9 Å². The number of rotatable bonds is 2. The second-order valence-corrected chi connectivity index (χ2v) is 7.59. The maximum atomic E-state index is 12.5. The van der Waals surface area contributed by atoms with Crippen LogP contribution in [0.25, 0.3) is 0 Å². The Kier molecular flexibility index (Phi) is 3.88. The summed E-state index contributed by atoms with van der Waals surface area (Å²) in [5.74, 6) is 0.438. The van der Waals surface area contributed by atoms with Crippen LogP contribution in [0.3, 0.4) is 0 Å². The smallest absolute Gasteiger partial charge is 0.263 e. The molecule has 2 aliphatic heterocycles. The molecule has 2 amide bonds. The Hall–Kier alpha value is -2.14. The van der Waals surface area contributed by atoms with Crippen LogP contribution in [0.2, 0.25) is 0 Å². The van der Waals surface area contributed by atoms with Crippen molar-refractivity contribution < 1.29 is 9.59 Å². The van der Waals surface area contributed by atoms with Crippen LogP contribution in [-0.2, 0) is 4.79 Å². The van der Waals surface area contributed by atoms with Crippen LogP contribution in [0.15, 0.2) is 47.8 Å². The number of likely N-dealkylation sites (tertiary alicyclic amines) is 1. The predicted octanol–water partition coefficient (Wildman–Crippen LogP) is 3.03. The summed E-state index contributed by atoms with van der Waals surface area (Å²) in [5.41, 5.74) is 1.01. The lowest BCUT2D eigenvalue weighted by Crippen LogP contribution is -2.54. The quantitative estimate of drug-likeness (QED) is 0.913. The molecule has 0 saturated carbocycles. The highest BCUT2D eigenvalue weighted by atomic mass is 32.1. The van der Waals surface area contributed by atoms with Crippen LogP contribution in [0.4, 0.5) is 0 Å². The van der Waals surface area contributed by atoms with Gasteiger partial charge in [0.25, 0.3) is 5.91 Å². The number of thiophene rings is 1. The molecule has 0 unspecified atom stereocenters. The fourth-order valence-electron chi connectivity index (χ4n) is 4.06. The van der Waals surface area contributed by atoms with Crippen LogP contribution in [0, 0.1) is 0 Å². The average molecular weight is 340 g/mol. The van der Waals surface area contributed by atoms with Crippen LogP contribution < -0.4 is 5.32 Å². The first kappa shape index (κ1) is 15.4. The second-order valence-electron chi connectivity index (χ2n) is 6.64. The highest BCUT2D eigenvalue weighted by molar-refractivity contribution is 7.12. The molecule has 2 fully saturated rings. The Labute approximate surface area is 145 Å². The summed E-state index contributed by atoms with van der Waals surface area (Å²) < 4.78 is 0. The van der Waals surface area contributed by atoms with Gasteiger partial charge in [0, 0.05) is 25.4 Å². The van der Waals surface area contributed by atoms with E-state index in [9.17, 15) is 9.59 Å². The van der Waals surface area contributed by atoms with Gasteiger partial charge in [0.2, 0.25) is 5.91 Å². The zero-order chi connectivity index (χ0) is 16.6. The van der Waals surface area contributed by atoms with Crippen molar-refractivity contribution in [1.29, 1.82) is 0 Å². The van der Waals surface area contributed by atoms with Crippen molar-refractivity contribution in [1.82, 2.24) is 10.2 Å². The van der Waals surface area contributed by atoms with Crippen LogP contribution in [0.1, 0.15) is 40.4 Å². The van der Waals surface area contributed by atoms with Crippen molar-refractivity contribution in [2.75, 3.05) is 13.1 Å². The molecule has 1 N–H and O–H groups in total. The van der Waals surface area contributed by atoms with Crippen molar-refractivity contribution in [2.24, 2.45) is 0 Å². The van der Waals surface area contributed by atoms with Gasteiger partial charge >= 0.3 is 0 Å². The lowest BCUT2D eigenvalue weighted by atomic mass is 9.74. The topological polar surface area (TPSA) is 49.4 Å². The largest absolute Gasteiger partial charge is 0.350 e. The lowest BCUT2D eigenvalue weighted by molar-refractivity contribution is -0.120.